The van der Waals surface area contributed by atoms with Gasteiger partial charge in [-0.05, 0) is 37.1 Å². The zero-order valence-corrected chi connectivity index (χ0v) is 14.8. The van der Waals surface area contributed by atoms with Gasteiger partial charge in [-0.2, -0.15) is 5.26 Å². The lowest BCUT2D eigenvalue weighted by Crippen LogP contribution is -2.35. The number of carbonyl (C=O) groups excluding carboxylic acids is 2. The standard InChI is InChI=1S/C19H19N3O4/c1-13-6-4-7-14(2)17(13)22(11-10-20)19(24)26-16-9-5-8-15(12-16)21-18(23)25-3/h4-9,12H,11H2,1-3H3,(H,21,23). The third kappa shape index (κ3) is 4.51. The van der Waals surface area contributed by atoms with Gasteiger partial charge in [0.25, 0.3) is 0 Å². The third-order valence-electron chi connectivity index (χ3n) is 3.63. The number of benzene rings is 2. The molecule has 1 N–H and O–H groups in total. The van der Waals surface area contributed by atoms with Crippen molar-refractivity contribution in [2.24, 2.45) is 0 Å². The van der Waals surface area contributed by atoms with E-state index in [1.54, 1.807) is 18.2 Å². The van der Waals surface area contributed by atoms with Crippen LogP contribution < -0.4 is 15.0 Å². The van der Waals surface area contributed by atoms with E-state index in [-0.39, 0.29) is 12.3 Å². The number of hydrogen-bond acceptors (Lipinski definition) is 5. The summed E-state index contributed by atoms with van der Waals surface area (Å²) in [6.45, 7) is 3.58. The fourth-order valence-electron chi connectivity index (χ4n) is 2.50. The number of nitrogens with one attached hydrogen (secondary N) is 1. The van der Waals surface area contributed by atoms with Gasteiger partial charge in [0.05, 0.1) is 18.9 Å². The summed E-state index contributed by atoms with van der Waals surface area (Å²) < 4.78 is 9.92. The average Bonchev–Trinajstić information content (AvgIpc) is 2.61. The van der Waals surface area contributed by atoms with E-state index >= 15 is 0 Å². The summed E-state index contributed by atoms with van der Waals surface area (Å²) in [4.78, 5) is 25.2. The maximum atomic E-state index is 12.6. The van der Waals surface area contributed by atoms with Crippen molar-refractivity contribution in [3.05, 3.63) is 53.6 Å². The molecule has 2 rings (SSSR count). The highest BCUT2D eigenvalue weighted by molar-refractivity contribution is 5.92. The van der Waals surface area contributed by atoms with E-state index in [4.69, 9.17) is 10.00 Å². The molecule has 0 fully saturated rings. The first-order valence-corrected chi connectivity index (χ1v) is 7.83. The first-order valence-electron chi connectivity index (χ1n) is 7.83. The number of nitriles is 1. The van der Waals surface area contributed by atoms with Gasteiger partial charge in [0.15, 0.2) is 0 Å². The van der Waals surface area contributed by atoms with Gasteiger partial charge in [-0.15, -0.1) is 0 Å². The maximum Gasteiger partial charge on any atom is 0.420 e. The lowest BCUT2D eigenvalue weighted by molar-refractivity contribution is 0.187. The zero-order chi connectivity index (χ0) is 19.1. The highest BCUT2D eigenvalue weighted by Gasteiger charge is 2.21. The number of methoxy groups -OCH3 is 1. The molecule has 0 radical (unpaired) electrons. The van der Waals surface area contributed by atoms with Crippen LogP contribution in [0.5, 0.6) is 5.75 Å². The van der Waals surface area contributed by atoms with E-state index in [0.717, 1.165) is 11.1 Å². The van der Waals surface area contributed by atoms with Crippen molar-refractivity contribution in [1.82, 2.24) is 0 Å². The van der Waals surface area contributed by atoms with Gasteiger partial charge >= 0.3 is 12.2 Å². The van der Waals surface area contributed by atoms with E-state index in [2.05, 4.69) is 10.1 Å². The Morgan fingerprint density at radius 1 is 1.15 bits per heavy atom. The van der Waals surface area contributed by atoms with Crippen molar-refractivity contribution in [3.63, 3.8) is 0 Å². The van der Waals surface area contributed by atoms with Crippen molar-refractivity contribution in [2.75, 3.05) is 23.9 Å². The Bertz CT molecular complexity index is 838. The van der Waals surface area contributed by atoms with Crippen molar-refractivity contribution >= 4 is 23.6 Å². The van der Waals surface area contributed by atoms with Gasteiger partial charge in [-0.1, -0.05) is 24.3 Å². The summed E-state index contributed by atoms with van der Waals surface area (Å²) in [5.41, 5.74) is 2.78. The molecule has 7 nitrogen and oxygen atoms in total. The number of anilines is 2. The van der Waals surface area contributed by atoms with Crippen molar-refractivity contribution in [1.29, 1.82) is 5.26 Å². The predicted molar refractivity (Wildman–Crippen MR) is 97.4 cm³/mol. The van der Waals surface area contributed by atoms with Crippen LogP contribution in [-0.2, 0) is 4.74 Å². The lowest BCUT2D eigenvalue weighted by atomic mass is 10.1. The number of carbonyl (C=O) groups is 2. The summed E-state index contributed by atoms with van der Waals surface area (Å²) in [7, 11) is 1.25. The number of aryl methyl sites for hydroxylation is 2. The van der Waals surface area contributed by atoms with E-state index in [9.17, 15) is 9.59 Å². The molecule has 2 aromatic carbocycles. The molecule has 2 aromatic rings. The SMILES string of the molecule is COC(=O)Nc1cccc(OC(=O)N(CC#N)c2c(C)cccc2C)c1. The summed E-state index contributed by atoms with van der Waals surface area (Å²) >= 11 is 0. The van der Waals surface area contributed by atoms with Crippen LogP contribution in [0.2, 0.25) is 0 Å². The van der Waals surface area contributed by atoms with Crippen molar-refractivity contribution in [2.45, 2.75) is 13.8 Å². The summed E-state index contributed by atoms with van der Waals surface area (Å²) in [5.74, 6) is 0.234. The molecule has 26 heavy (non-hydrogen) atoms. The van der Waals surface area contributed by atoms with Gasteiger partial charge in [0.2, 0.25) is 0 Å². The molecule has 134 valence electrons. The number of nitrogens with zero attached hydrogens (tertiary/aromatic N) is 2. The van der Waals surface area contributed by atoms with Gasteiger partial charge in [0, 0.05) is 11.8 Å². The molecule has 0 spiro atoms. The molecule has 0 aromatic heterocycles. The molecular formula is C19H19N3O4. The Balaban J connectivity index is 2.25. The molecule has 0 unspecified atom stereocenters. The van der Waals surface area contributed by atoms with Crippen LogP contribution in [0.1, 0.15) is 11.1 Å². The number of hydrogen-bond donors (Lipinski definition) is 1. The second kappa shape index (κ2) is 8.53. The van der Waals surface area contributed by atoms with Crippen LogP contribution in [0.3, 0.4) is 0 Å². The van der Waals surface area contributed by atoms with Crippen LogP contribution in [0.4, 0.5) is 21.0 Å². The second-order valence-corrected chi connectivity index (χ2v) is 5.50. The smallest absolute Gasteiger partial charge is 0.420 e. The summed E-state index contributed by atoms with van der Waals surface area (Å²) in [5, 5.41) is 11.6. The Morgan fingerprint density at radius 3 is 2.42 bits per heavy atom. The number of rotatable bonds is 4. The Hall–Kier alpha value is -3.53. The fourth-order valence-corrected chi connectivity index (χ4v) is 2.50. The molecule has 0 aliphatic rings. The molecule has 7 heteroatoms. The van der Waals surface area contributed by atoms with Crippen molar-refractivity contribution in [3.8, 4) is 11.8 Å². The fraction of sp³-hybridized carbons (Fsp3) is 0.211. The summed E-state index contributed by atoms with van der Waals surface area (Å²) in [6.07, 6.45) is -1.31. The minimum atomic E-state index is -0.681. The van der Waals surface area contributed by atoms with Crippen molar-refractivity contribution < 1.29 is 19.1 Å². The predicted octanol–water partition coefficient (Wildman–Crippen LogP) is 4.01. The number of amides is 2. The van der Waals surface area contributed by atoms with Gasteiger partial charge < -0.3 is 9.47 Å². The van der Waals surface area contributed by atoms with Crippen LogP contribution in [0, 0.1) is 25.2 Å². The third-order valence-corrected chi connectivity index (χ3v) is 3.63. The van der Waals surface area contributed by atoms with E-state index in [0.29, 0.717) is 11.4 Å². The highest BCUT2D eigenvalue weighted by atomic mass is 16.6. The minimum absolute atomic E-state index is 0.148. The van der Waals surface area contributed by atoms with E-state index in [1.165, 1.54) is 18.1 Å². The minimum Gasteiger partial charge on any atom is -0.453 e. The Kier molecular flexibility index (Phi) is 6.17. The maximum absolute atomic E-state index is 12.6. The monoisotopic (exact) mass is 353 g/mol. The molecule has 0 saturated carbocycles. The molecule has 0 atom stereocenters. The molecule has 0 heterocycles. The summed E-state index contributed by atoms with van der Waals surface area (Å²) in [6, 6.07) is 13.9. The topological polar surface area (TPSA) is 91.7 Å². The van der Waals surface area contributed by atoms with E-state index in [1.807, 2.05) is 38.1 Å². The highest BCUT2D eigenvalue weighted by Crippen LogP contribution is 2.26. The van der Waals surface area contributed by atoms with Crippen LogP contribution in [-0.4, -0.2) is 25.8 Å². The molecule has 0 bridgehead atoms. The Labute approximate surface area is 151 Å². The number of ether oxygens (including phenoxy) is 2. The Morgan fingerprint density at radius 2 is 1.81 bits per heavy atom. The first kappa shape index (κ1) is 18.8. The normalized spacial score (nSPS) is 9.77. The largest absolute Gasteiger partial charge is 0.453 e. The first-order chi connectivity index (χ1) is 12.5. The molecule has 0 aliphatic heterocycles. The van der Waals surface area contributed by atoms with Crippen LogP contribution in [0.25, 0.3) is 0 Å². The van der Waals surface area contributed by atoms with E-state index < -0.39 is 12.2 Å². The van der Waals surface area contributed by atoms with Crippen LogP contribution in [0.15, 0.2) is 42.5 Å². The van der Waals surface area contributed by atoms with Gasteiger partial charge in [-0.25, -0.2) is 9.59 Å². The lowest BCUT2D eigenvalue weighted by Gasteiger charge is -2.23. The molecule has 2 amide bonds. The number of para-hydroxylation sites is 1. The molecule has 0 aliphatic carbocycles. The molecule has 0 saturated heterocycles. The zero-order valence-electron chi connectivity index (χ0n) is 14.8. The second-order valence-electron chi connectivity index (χ2n) is 5.50. The molecular weight excluding hydrogens is 334 g/mol. The average molecular weight is 353 g/mol. The quantitative estimate of drug-likeness (QED) is 0.839. The van der Waals surface area contributed by atoms with Gasteiger partial charge in [-0.3, -0.25) is 10.2 Å². The van der Waals surface area contributed by atoms with Gasteiger partial charge in [0.1, 0.15) is 12.3 Å². The van der Waals surface area contributed by atoms with Crippen LogP contribution >= 0.6 is 0 Å².